The van der Waals surface area contributed by atoms with Crippen LogP contribution in [0.5, 0.6) is 23.0 Å². The van der Waals surface area contributed by atoms with Crippen LogP contribution in [0, 0.1) is 0 Å². The molecule has 238 valence electrons. The van der Waals surface area contributed by atoms with Crippen molar-refractivity contribution in [3.8, 4) is 56.5 Å². The van der Waals surface area contributed by atoms with Gasteiger partial charge in [0.1, 0.15) is 11.7 Å². The first-order valence-corrected chi connectivity index (χ1v) is 15.8. The molecule has 0 spiro atoms. The lowest BCUT2D eigenvalue weighted by atomic mass is 9.87. The quantitative estimate of drug-likeness (QED) is 0.122. The van der Waals surface area contributed by atoms with Crippen molar-refractivity contribution in [2.24, 2.45) is 0 Å². The summed E-state index contributed by atoms with van der Waals surface area (Å²) in [6.07, 6.45) is 3.36. The average molecular weight is 620 g/mol. The molecule has 0 aliphatic carbocycles. The highest BCUT2D eigenvalue weighted by atomic mass is 16.5. The van der Waals surface area contributed by atoms with Crippen LogP contribution in [0.4, 0.5) is 5.82 Å². The lowest BCUT2D eigenvalue weighted by molar-refractivity contribution is -0.702. The van der Waals surface area contributed by atoms with Gasteiger partial charge in [-0.15, -0.1) is 0 Å². The third-order valence-electron chi connectivity index (χ3n) is 9.10. The first kappa shape index (κ1) is 31.2. The summed E-state index contributed by atoms with van der Waals surface area (Å²) in [7, 11) is 11.0. The Labute approximate surface area is 271 Å². The molecule has 1 N–H and O–H groups in total. The summed E-state index contributed by atoms with van der Waals surface area (Å²) in [4.78, 5) is 2.20. The van der Waals surface area contributed by atoms with E-state index in [1.54, 1.807) is 28.4 Å². The highest BCUT2D eigenvalue weighted by Crippen LogP contribution is 2.49. The smallest absolute Gasteiger partial charge is 0.284 e. The van der Waals surface area contributed by atoms with Gasteiger partial charge in [-0.2, -0.15) is 0 Å². The van der Waals surface area contributed by atoms with E-state index in [-0.39, 0.29) is 12.6 Å². The van der Waals surface area contributed by atoms with E-state index in [2.05, 4.69) is 90.3 Å². The van der Waals surface area contributed by atoms with Gasteiger partial charge in [0.05, 0.1) is 47.9 Å². The van der Waals surface area contributed by atoms with Gasteiger partial charge in [-0.1, -0.05) is 54.6 Å². The Morgan fingerprint density at radius 2 is 1.39 bits per heavy atom. The van der Waals surface area contributed by atoms with E-state index < -0.39 is 0 Å². The minimum Gasteiger partial charge on any atom is -0.493 e. The van der Waals surface area contributed by atoms with Crippen LogP contribution in [0.1, 0.15) is 30.9 Å². The summed E-state index contributed by atoms with van der Waals surface area (Å²) in [6, 6.07) is 27.8. The van der Waals surface area contributed by atoms with Crippen molar-refractivity contribution in [1.29, 1.82) is 0 Å². The second kappa shape index (κ2) is 13.3. The van der Waals surface area contributed by atoms with Crippen LogP contribution < -0.4 is 28.4 Å². The monoisotopic (exact) mass is 619 g/mol. The van der Waals surface area contributed by atoms with Crippen molar-refractivity contribution in [2.75, 3.05) is 54.0 Å². The molecule has 7 nitrogen and oxygen atoms in total. The zero-order valence-electron chi connectivity index (χ0n) is 27.6. The zero-order valence-corrected chi connectivity index (χ0v) is 27.6. The Hall–Kier alpha value is -4.75. The molecule has 0 radical (unpaired) electrons. The van der Waals surface area contributed by atoms with Gasteiger partial charge in [0.15, 0.2) is 23.0 Å². The number of nitrogens with zero attached hydrogens (tertiary/aromatic N) is 2. The van der Waals surface area contributed by atoms with Gasteiger partial charge in [0.25, 0.3) is 5.82 Å². The van der Waals surface area contributed by atoms with E-state index in [4.69, 9.17) is 18.9 Å². The molecule has 6 rings (SSSR count). The molecule has 0 saturated carbocycles. The van der Waals surface area contributed by atoms with Crippen LogP contribution in [0.2, 0.25) is 0 Å². The Morgan fingerprint density at radius 3 is 2.02 bits per heavy atom. The first-order chi connectivity index (χ1) is 22.4. The third kappa shape index (κ3) is 5.39. The standard InChI is InChI=1S/C39H43N2O5/c1-40(2)39-32-24-35(44-4)38(46-6)36(27-17-15-26(16-18-27)25-12-8-7-9-13-25)30(32)23-33-29-19-20-34(43-3)37(45-5)31(29)22-28(41(33)39)14-10-11-21-42/h7-9,12-13,15-20,23-24,28,42H,10-11,14,21-22H2,1-6H3/q+1. The molecule has 1 aliphatic heterocycles. The Balaban J connectivity index is 1.68. The molecule has 46 heavy (non-hydrogen) atoms. The van der Waals surface area contributed by atoms with E-state index in [1.807, 2.05) is 12.1 Å². The molecule has 0 bridgehead atoms. The normalized spacial score (nSPS) is 13.6. The van der Waals surface area contributed by atoms with Crippen LogP contribution in [0.25, 0.3) is 44.3 Å². The number of hydrogen-bond donors (Lipinski definition) is 1. The van der Waals surface area contributed by atoms with Gasteiger partial charge in [-0.05, 0) is 54.2 Å². The van der Waals surface area contributed by atoms with Crippen molar-refractivity contribution < 1.29 is 28.6 Å². The van der Waals surface area contributed by atoms with Gasteiger partial charge in [0.2, 0.25) is 0 Å². The number of anilines is 1. The molecule has 7 heteroatoms. The van der Waals surface area contributed by atoms with Gasteiger partial charge < -0.3 is 24.1 Å². The number of unbranched alkanes of at least 4 members (excludes halogenated alkanes) is 1. The second-order valence-electron chi connectivity index (χ2n) is 11.9. The molecule has 0 amide bonds. The van der Waals surface area contributed by atoms with Crippen LogP contribution >= 0.6 is 0 Å². The fourth-order valence-corrected chi connectivity index (χ4v) is 7.06. The number of hydrogen-bond acceptors (Lipinski definition) is 6. The topological polar surface area (TPSA) is 64.3 Å². The molecule has 4 aromatic carbocycles. The molecule has 1 unspecified atom stereocenters. The number of aliphatic hydroxyl groups is 1. The molecule has 0 fully saturated rings. The maximum absolute atomic E-state index is 9.63. The molecule has 1 aliphatic rings. The number of methoxy groups -OCH3 is 4. The van der Waals surface area contributed by atoms with Crippen molar-refractivity contribution in [2.45, 2.75) is 31.7 Å². The van der Waals surface area contributed by atoms with Crippen molar-refractivity contribution in [3.05, 3.63) is 84.4 Å². The van der Waals surface area contributed by atoms with Gasteiger partial charge >= 0.3 is 0 Å². The van der Waals surface area contributed by atoms with Crippen molar-refractivity contribution in [3.63, 3.8) is 0 Å². The number of aromatic nitrogens is 1. The number of benzene rings is 4. The lowest BCUT2D eigenvalue weighted by Crippen LogP contribution is -2.49. The van der Waals surface area contributed by atoms with Crippen LogP contribution in [-0.4, -0.2) is 54.2 Å². The minimum atomic E-state index is 0.138. The third-order valence-corrected chi connectivity index (χ3v) is 9.10. The predicted molar refractivity (Wildman–Crippen MR) is 185 cm³/mol. The zero-order chi connectivity index (χ0) is 32.4. The lowest BCUT2D eigenvalue weighted by Gasteiger charge is -2.31. The molecular weight excluding hydrogens is 576 g/mol. The highest BCUT2D eigenvalue weighted by Gasteiger charge is 2.37. The molecule has 2 heterocycles. The van der Waals surface area contributed by atoms with E-state index in [0.717, 1.165) is 87.3 Å². The number of fused-ring (bicyclic) bond motifs is 4. The highest BCUT2D eigenvalue weighted by molar-refractivity contribution is 6.06. The minimum absolute atomic E-state index is 0.138. The summed E-state index contributed by atoms with van der Waals surface area (Å²) in [6.45, 7) is 0.180. The fourth-order valence-electron chi connectivity index (χ4n) is 7.06. The SMILES string of the molecule is COc1ccc2c(c1OC)CC(CCCCO)[n+]1c-2cc2c(-c3ccc(-c4ccccc4)cc3)c(OC)c(OC)cc2c1N(C)C. The summed E-state index contributed by atoms with van der Waals surface area (Å²) in [5.41, 5.74) is 7.69. The van der Waals surface area contributed by atoms with E-state index in [1.165, 1.54) is 5.56 Å². The first-order valence-electron chi connectivity index (χ1n) is 15.8. The maximum atomic E-state index is 9.63. The number of rotatable bonds is 11. The van der Waals surface area contributed by atoms with E-state index in [9.17, 15) is 5.11 Å². The largest absolute Gasteiger partial charge is 0.493 e. The van der Waals surface area contributed by atoms with Gasteiger partial charge in [-0.25, -0.2) is 4.57 Å². The summed E-state index contributed by atoms with van der Waals surface area (Å²) in [5.74, 6) is 3.96. The molecule has 1 atom stereocenters. The molecular formula is C39H43N2O5+. The summed E-state index contributed by atoms with van der Waals surface area (Å²) in [5, 5.41) is 11.8. The van der Waals surface area contributed by atoms with Crippen LogP contribution in [0.15, 0.2) is 78.9 Å². The molecule has 1 aromatic heterocycles. The van der Waals surface area contributed by atoms with Crippen LogP contribution in [0.3, 0.4) is 0 Å². The summed E-state index contributed by atoms with van der Waals surface area (Å²) < 4.78 is 26.3. The van der Waals surface area contributed by atoms with E-state index in [0.29, 0.717) is 11.5 Å². The van der Waals surface area contributed by atoms with E-state index >= 15 is 0 Å². The predicted octanol–water partition coefficient (Wildman–Crippen LogP) is 7.49. The fraction of sp³-hybridized carbons (Fsp3) is 0.308. The van der Waals surface area contributed by atoms with Crippen LogP contribution in [-0.2, 0) is 6.42 Å². The van der Waals surface area contributed by atoms with Gasteiger partial charge in [-0.3, -0.25) is 4.90 Å². The van der Waals surface area contributed by atoms with Crippen molar-refractivity contribution >= 4 is 16.6 Å². The second-order valence-corrected chi connectivity index (χ2v) is 11.9. The van der Waals surface area contributed by atoms with Gasteiger partial charge in [0, 0.05) is 41.2 Å². The summed E-state index contributed by atoms with van der Waals surface area (Å²) >= 11 is 0. The Kier molecular flexibility index (Phi) is 9.04. The number of pyridine rings is 1. The Bertz CT molecular complexity index is 1850. The number of aliphatic hydroxyl groups excluding tert-OH is 1. The van der Waals surface area contributed by atoms with Crippen molar-refractivity contribution in [1.82, 2.24) is 0 Å². The number of ether oxygens (including phenoxy) is 4. The maximum Gasteiger partial charge on any atom is 0.284 e. The average Bonchev–Trinajstić information content (AvgIpc) is 3.09. The molecule has 5 aromatic rings. The Morgan fingerprint density at radius 1 is 0.717 bits per heavy atom. The molecule has 0 saturated heterocycles.